The van der Waals surface area contributed by atoms with E-state index in [-0.39, 0.29) is 0 Å². The van der Waals surface area contributed by atoms with Gasteiger partial charge in [0.1, 0.15) is 5.78 Å². The average Bonchev–Trinajstić information content (AvgIpc) is 2.48. The molecule has 2 atom stereocenters. The molecule has 0 amide bonds. The lowest BCUT2D eigenvalue weighted by Crippen LogP contribution is -2.34. The van der Waals surface area contributed by atoms with E-state index in [9.17, 15) is 4.79 Å². The minimum atomic E-state index is 0.380. The first-order valence-electron chi connectivity index (χ1n) is 8.37. The second kappa shape index (κ2) is 7.74. The van der Waals surface area contributed by atoms with Crippen LogP contribution in [0.1, 0.15) is 57.1 Å². The molecule has 116 valence electrons. The first-order valence-corrected chi connectivity index (χ1v) is 8.37. The molecule has 1 fully saturated rings. The number of hydrogen-bond acceptors (Lipinski definition) is 2. The van der Waals surface area contributed by atoms with E-state index in [1.807, 2.05) is 0 Å². The van der Waals surface area contributed by atoms with E-state index in [0.29, 0.717) is 30.0 Å². The zero-order valence-corrected chi connectivity index (χ0v) is 13.7. The Balaban J connectivity index is 1.83. The molecule has 1 aromatic carbocycles. The van der Waals surface area contributed by atoms with E-state index in [2.05, 4.69) is 50.4 Å². The molecule has 0 radical (unpaired) electrons. The minimum absolute atomic E-state index is 0.380. The van der Waals surface area contributed by atoms with Crippen molar-refractivity contribution in [3.05, 3.63) is 35.4 Å². The van der Waals surface area contributed by atoms with Crippen LogP contribution in [0, 0.1) is 11.8 Å². The van der Waals surface area contributed by atoms with Crippen LogP contribution in [0.25, 0.3) is 0 Å². The number of Topliss-reactive ketones (excluding diaryl/α,β-unsaturated/α-hetero) is 1. The quantitative estimate of drug-likeness (QED) is 0.858. The van der Waals surface area contributed by atoms with Gasteiger partial charge in [-0.05, 0) is 54.8 Å². The van der Waals surface area contributed by atoms with E-state index in [4.69, 9.17) is 0 Å². The maximum Gasteiger partial charge on any atom is 0.137 e. The van der Waals surface area contributed by atoms with Gasteiger partial charge in [0.15, 0.2) is 0 Å². The predicted molar refractivity (Wildman–Crippen MR) is 88.6 cm³/mol. The Bertz CT molecular complexity index is 443. The van der Waals surface area contributed by atoms with E-state index >= 15 is 0 Å². The van der Waals surface area contributed by atoms with Gasteiger partial charge in [-0.2, -0.15) is 0 Å². The number of benzene rings is 1. The molecule has 1 aliphatic rings. The standard InChI is InChI=1S/C19H29NO/c1-14(2)17-8-6-16(7-9-17)12-19(21)11-15(3)18-5-4-10-20-13-18/h6-9,14-15,18,20H,4-5,10-13H2,1-3H3. The fraction of sp³-hybridized carbons (Fsp3) is 0.632. The van der Waals surface area contributed by atoms with Gasteiger partial charge in [-0.3, -0.25) is 4.79 Å². The van der Waals surface area contributed by atoms with Crippen LogP contribution in [0.4, 0.5) is 0 Å². The molecular weight excluding hydrogens is 258 g/mol. The van der Waals surface area contributed by atoms with Crippen LogP contribution in [-0.4, -0.2) is 18.9 Å². The molecule has 1 N–H and O–H groups in total. The number of hydrogen-bond donors (Lipinski definition) is 1. The summed E-state index contributed by atoms with van der Waals surface area (Å²) in [5, 5.41) is 3.44. The SMILES string of the molecule is CC(C)c1ccc(CC(=O)CC(C)C2CCCNC2)cc1. The van der Waals surface area contributed by atoms with Crippen LogP contribution in [0.2, 0.25) is 0 Å². The first kappa shape index (κ1) is 16.2. The van der Waals surface area contributed by atoms with E-state index in [0.717, 1.165) is 25.1 Å². The van der Waals surface area contributed by atoms with Crippen LogP contribution < -0.4 is 5.32 Å². The third-order valence-corrected chi connectivity index (χ3v) is 4.74. The van der Waals surface area contributed by atoms with Crippen LogP contribution in [0.5, 0.6) is 0 Å². The molecule has 2 rings (SSSR count). The number of carbonyl (C=O) groups is 1. The van der Waals surface area contributed by atoms with Crippen LogP contribution in [0.3, 0.4) is 0 Å². The fourth-order valence-electron chi connectivity index (χ4n) is 3.21. The summed E-state index contributed by atoms with van der Waals surface area (Å²) in [6.07, 6.45) is 3.82. The monoisotopic (exact) mass is 287 g/mol. The van der Waals surface area contributed by atoms with Crippen molar-refractivity contribution in [2.24, 2.45) is 11.8 Å². The fourth-order valence-corrected chi connectivity index (χ4v) is 3.21. The molecule has 1 aromatic rings. The van der Waals surface area contributed by atoms with Crippen LogP contribution in [0.15, 0.2) is 24.3 Å². The predicted octanol–water partition coefficient (Wildman–Crippen LogP) is 3.95. The van der Waals surface area contributed by atoms with Crippen molar-refractivity contribution in [1.29, 1.82) is 0 Å². The minimum Gasteiger partial charge on any atom is -0.316 e. The van der Waals surface area contributed by atoms with Gasteiger partial charge in [-0.1, -0.05) is 45.0 Å². The van der Waals surface area contributed by atoms with Crippen molar-refractivity contribution in [2.45, 2.75) is 52.4 Å². The van der Waals surface area contributed by atoms with Gasteiger partial charge in [0, 0.05) is 12.8 Å². The maximum atomic E-state index is 12.3. The summed E-state index contributed by atoms with van der Waals surface area (Å²) in [6, 6.07) is 8.53. The highest BCUT2D eigenvalue weighted by atomic mass is 16.1. The molecule has 21 heavy (non-hydrogen) atoms. The highest BCUT2D eigenvalue weighted by molar-refractivity contribution is 5.81. The topological polar surface area (TPSA) is 29.1 Å². The van der Waals surface area contributed by atoms with Crippen molar-refractivity contribution in [3.63, 3.8) is 0 Å². The normalized spacial score (nSPS) is 20.5. The number of piperidine rings is 1. The number of rotatable bonds is 6. The second-order valence-corrected chi connectivity index (χ2v) is 6.90. The molecule has 1 aliphatic heterocycles. The molecule has 0 aromatic heterocycles. The van der Waals surface area contributed by atoms with Gasteiger partial charge in [0.2, 0.25) is 0 Å². The average molecular weight is 287 g/mol. The van der Waals surface area contributed by atoms with Crippen molar-refractivity contribution in [2.75, 3.05) is 13.1 Å². The molecule has 0 spiro atoms. The summed E-state index contributed by atoms with van der Waals surface area (Å²) < 4.78 is 0. The Morgan fingerprint density at radius 1 is 1.24 bits per heavy atom. The van der Waals surface area contributed by atoms with Gasteiger partial charge in [-0.15, -0.1) is 0 Å². The third-order valence-electron chi connectivity index (χ3n) is 4.74. The first-order chi connectivity index (χ1) is 10.1. The highest BCUT2D eigenvalue weighted by Gasteiger charge is 2.21. The summed E-state index contributed by atoms with van der Waals surface area (Å²) in [4.78, 5) is 12.3. The second-order valence-electron chi connectivity index (χ2n) is 6.90. The van der Waals surface area contributed by atoms with E-state index in [1.165, 1.54) is 18.4 Å². The summed E-state index contributed by atoms with van der Waals surface area (Å²) in [7, 11) is 0. The molecule has 2 unspecified atom stereocenters. The Kier molecular flexibility index (Phi) is 5.98. The highest BCUT2D eigenvalue weighted by Crippen LogP contribution is 2.23. The molecule has 0 bridgehead atoms. The lowest BCUT2D eigenvalue weighted by molar-refractivity contribution is -0.119. The Morgan fingerprint density at radius 2 is 1.95 bits per heavy atom. The Labute approximate surface area is 129 Å². The zero-order chi connectivity index (χ0) is 15.2. The summed E-state index contributed by atoms with van der Waals surface area (Å²) >= 11 is 0. The van der Waals surface area contributed by atoms with Crippen molar-refractivity contribution in [3.8, 4) is 0 Å². The van der Waals surface area contributed by atoms with Gasteiger partial charge < -0.3 is 5.32 Å². The van der Waals surface area contributed by atoms with Gasteiger partial charge in [0.25, 0.3) is 0 Å². The van der Waals surface area contributed by atoms with Crippen molar-refractivity contribution in [1.82, 2.24) is 5.32 Å². The third kappa shape index (κ3) is 4.96. The number of carbonyl (C=O) groups excluding carboxylic acids is 1. The van der Waals surface area contributed by atoms with Gasteiger partial charge >= 0.3 is 0 Å². The van der Waals surface area contributed by atoms with Crippen LogP contribution >= 0.6 is 0 Å². The summed E-state index contributed by atoms with van der Waals surface area (Å²) in [5.41, 5.74) is 2.49. The lowest BCUT2D eigenvalue weighted by Gasteiger charge is -2.28. The molecule has 0 saturated carbocycles. The maximum absolute atomic E-state index is 12.3. The largest absolute Gasteiger partial charge is 0.316 e. The molecule has 2 nitrogen and oxygen atoms in total. The Morgan fingerprint density at radius 3 is 2.52 bits per heavy atom. The van der Waals surface area contributed by atoms with Crippen LogP contribution in [-0.2, 0) is 11.2 Å². The van der Waals surface area contributed by atoms with Crippen molar-refractivity contribution < 1.29 is 4.79 Å². The Hall–Kier alpha value is -1.15. The summed E-state index contributed by atoms with van der Waals surface area (Å²) in [5.74, 6) is 2.10. The molecular formula is C19H29NO. The van der Waals surface area contributed by atoms with Crippen molar-refractivity contribution >= 4 is 5.78 Å². The molecule has 0 aliphatic carbocycles. The lowest BCUT2D eigenvalue weighted by atomic mass is 9.83. The molecule has 1 heterocycles. The van der Waals surface area contributed by atoms with E-state index in [1.54, 1.807) is 0 Å². The smallest absolute Gasteiger partial charge is 0.137 e. The molecule has 2 heteroatoms. The molecule has 1 saturated heterocycles. The zero-order valence-electron chi connectivity index (χ0n) is 13.7. The number of ketones is 1. The summed E-state index contributed by atoms with van der Waals surface area (Å²) in [6.45, 7) is 8.84. The van der Waals surface area contributed by atoms with Gasteiger partial charge in [-0.25, -0.2) is 0 Å². The number of nitrogens with one attached hydrogen (secondary N) is 1. The van der Waals surface area contributed by atoms with Gasteiger partial charge in [0.05, 0.1) is 0 Å². The van der Waals surface area contributed by atoms with E-state index < -0.39 is 0 Å².